The van der Waals surface area contributed by atoms with Crippen molar-refractivity contribution in [3.05, 3.63) is 57.1 Å². The molecule has 0 aliphatic carbocycles. The molecule has 3 aromatic rings. The van der Waals surface area contributed by atoms with Crippen molar-refractivity contribution in [2.45, 2.75) is 26.8 Å². The molecule has 3 rings (SSSR count). The van der Waals surface area contributed by atoms with Gasteiger partial charge in [-0.15, -0.1) is 10.2 Å². The smallest absolute Gasteiger partial charge is 0.255 e. The summed E-state index contributed by atoms with van der Waals surface area (Å²) in [4.78, 5) is 16.5. The van der Waals surface area contributed by atoms with Gasteiger partial charge in [0, 0.05) is 21.4 Å². The fourth-order valence-electron chi connectivity index (χ4n) is 2.51. The van der Waals surface area contributed by atoms with Gasteiger partial charge in [0.15, 0.2) is 5.82 Å². The number of rotatable bonds is 4. The molecule has 2 heterocycles. The number of nitrogens with one attached hydrogen (secondary N) is 1. The number of nitrogens with zero attached hydrogens (tertiary/aromatic N) is 4. The van der Waals surface area contributed by atoms with Gasteiger partial charge in [-0.3, -0.25) is 9.20 Å². The summed E-state index contributed by atoms with van der Waals surface area (Å²) in [7, 11) is 0. The van der Waals surface area contributed by atoms with E-state index in [0.717, 1.165) is 11.4 Å². The van der Waals surface area contributed by atoms with Crippen LogP contribution in [-0.2, 0) is 17.8 Å². The molecule has 6 nitrogen and oxygen atoms in total. The van der Waals surface area contributed by atoms with E-state index in [1.165, 1.54) is 0 Å². The van der Waals surface area contributed by atoms with Gasteiger partial charge in [0.1, 0.15) is 0 Å². The molecule has 0 aliphatic rings. The van der Waals surface area contributed by atoms with Crippen molar-refractivity contribution in [3.8, 4) is 0 Å². The Morgan fingerprint density at radius 1 is 1.21 bits per heavy atom. The third-order valence-corrected chi connectivity index (χ3v) is 4.31. The minimum atomic E-state index is -0.195. The van der Waals surface area contributed by atoms with Gasteiger partial charge in [-0.05, 0) is 37.6 Å². The van der Waals surface area contributed by atoms with E-state index in [1.807, 2.05) is 24.3 Å². The fraction of sp³-hybridized carbons (Fsp3) is 0.250. The van der Waals surface area contributed by atoms with Gasteiger partial charge in [-0.25, -0.2) is 4.98 Å². The van der Waals surface area contributed by atoms with Crippen LogP contribution in [0.2, 0.25) is 10.0 Å². The predicted molar refractivity (Wildman–Crippen MR) is 92.3 cm³/mol. The highest BCUT2D eigenvalue weighted by Gasteiger charge is 2.13. The standard InChI is InChI=1S/C16H15Cl2N5O/c1-9-6-10(2)23-14(21-22-16(23)20-9)8-19-15(24)7-11-12(17)4-3-5-13(11)18/h3-6H,7-8H2,1-2H3,(H,19,24). The predicted octanol–water partition coefficient (Wildman–Crippen LogP) is 2.91. The van der Waals surface area contributed by atoms with Crippen molar-refractivity contribution in [1.29, 1.82) is 0 Å². The molecule has 2 aromatic heterocycles. The minimum absolute atomic E-state index is 0.103. The molecule has 1 aromatic carbocycles. The zero-order valence-electron chi connectivity index (χ0n) is 13.2. The summed E-state index contributed by atoms with van der Waals surface area (Å²) in [6.45, 7) is 4.09. The van der Waals surface area contributed by atoms with Crippen LogP contribution in [0.1, 0.15) is 22.8 Å². The van der Waals surface area contributed by atoms with Crippen LogP contribution in [0, 0.1) is 13.8 Å². The van der Waals surface area contributed by atoms with E-state index in [2.05, 4.69) is 20.5 Å². The number of amides is 1. The Morgan fingerprint density at radius 2 is 1.92 bits per heavy atom. The second-order valence-electron chi connectivity index (χ2n) is 5.44. The van der Waals surface area contributed by atoms with E-state index >= 15 is 0 Å². The largest absolute Gasteiger partial charge is 0.348 e. The van der Waals surface area contributed by atoms with Crippen LogP contribution in [-0.4, -0.2) is 25.5 Å². The van der Waals surface area contributed by atoms with Crippen LogP contribution in [0.5, 0.6) is 0 Å². The van der Waals surface area contributed by atoms with Crippen molar-refractivity contribution in [2.75, 3.05) is 0 Å². The summed E-state index contributed by atoms with van der Waals surface area (Å²) in [6, 6.07) is 7.09. The molecule has 0 saturated heterocycles. The average molecular weight is 364 g/mol. The van der Waals surface area contributed by atoms with E-state index in [9.17, 15) is 4.79 Å². The summed E-state index contributed by atoms with van der Waals surface area (Å²) >= 11 is 12.2. The Balaban J connectivity index is 1.73. The van der Waals surface area contributed by atoms with Crippen molar-refractivity contribution >= 4 is 34.9 Å². The molecule has 8 heteroatoms. The maximum atomic E-state index is 12.2. The van der Waals surface area contributed by atoms with E-state index in [-0.39, 0.29) is 18.9 Å². The molecular weight excluding hydrogens is 349 g/mol. The topological polar surface area (TPSA) is 72.2 Å². The van der Waals surface area contributed by atoms with Crippen LogP contribution < -0.4 is 5.32 Å². The van der Waals surface area contributed by atoms with Gasteiger partial charge >= 0.3 is 0 Å². The minimum Gasteiger partial charge on any atom is -0.348 e. The lowest BCUT2D eigenvalue weighted by Crippen LogP contribution is -2.26. The lowest BCUT2D eigenvalue weighted by molar-refractivity contribution is -0.120. The summed E-state index contributed by atoms with van der Waals surface area (Å²) in [6.07, 6.45) is 0.103. The molecule has 0 unspecified atom stereocenters. The van der Waals surface area contributed by atoms with E-state index in [4.69, 9.17) is 23.2 Å². The first-order valence-electron chi connectivity index (χ1n) is 7.33. The van der Waals surface area contributed by atoms with Gasteiger partial charge in [0.05, 0.1) is 13.0 Å². The van der Waals surface area contributed by atoms with Gasteiger partial charge in [0.2, 0.25) is 5.91 Å². The molecule has 0 bridgehead atoms. The number of aromatic nitrogens is 4. The molecular formula is C16H15Cl2N5O. The van der Waals surface area contributed by atoms with Gasteiger partial charge in [-0.1, -0.05) is 29.3 Å². The van der Waals surface area contributed by atoms with Crippen molar-refractivity contribution in [3.63, 3.8) is 0 Å². The van der Waals surface area contributed by atoms with Gasteiger partial charge in [0.25, 0.3) is 5.78 Å². The summed E-state index contributed by atoms with van der Waals surface area (Å²) in [5, 5.41) is 11.9. The first-order chi connectivity index (χ1) is 11.5. The molecule has 0 atom stereocenters. The first-order valence-corrected chi connectivity index (χ1v) is 8.09. The summed E-state index contributed by atoms with van der Waals surface area (Å²) in [5.41, 5.74) is 2.44. The van der Waals surface area contributed by atoms with E-state index in [0.29, 0.717) is 27.2 Å². The highest BCUT2D eigenvalue weighted by molar-refractivity contribution is 6.36. The zero-order valence-corrected chi connectivity index (χ0v) is 14.7. The first kappa shape index (κ1) is 16.7. The second-order valence-corrected chi connectivity index (χ2v) is 6.26. The third kappa shape index (κ3) is 3.34. The Bertz CT molecular complexity index is 902. The highest BCUT2D eigenvalue weighted by atomic mass is 35.5. The van der Waals surface area contributed by atoms with Crippen LogP contribution in [0.25, 0.3) is 5.78 Å². The molecule has 0 fully saturated rings. The summed E-state index contributed by atoms with van der Waals surface area (Å²) < 4.78 is 1.82. The molecule has 0 spiro atoms. The molecule has 0 radical (unpaired) electrons. The van der Waals surface area contributed by atoms with E-state index < -0.39 is 0 Å². The lowest BCUT2D eigenvalue weighted by atomic mass is 10.1. The number of carbonyl (C=O) groups excluding carboxylic acids is 1. The Kier molecular flexibility index (Phi) is 4.69. The Labute approximate surface area is 148 Å². The van der Waals surface area contributed by atoms with Crippen molar-refractivity contribution < 1.29 is 4.79 Å². The number of aryl methyl sites for hydroxylation is 2. The lowest BCUT2D eigenvalue weighted by Gasteiger charge is -2.08. The number of fused-ring (bicyclic) bond motifs is 1. The van der Waals surface area contributed by atoms with Crippen LogP contribution in [0.3, 0.4) is 0 Å². The molecule has 1 N–H and O–H groups in total. The number of hydrogen-bond acceptors (Lipinski definition) is 4. The van der Waals surface area contributed by atoms with Gasteiger partial charge in [-0.2, -0.15) is 0 Å². The normalized spacial score (nSPS) is 11.0. The van der Waals surface area contributed by atoms with Crippen molar-refractivity contribution in [2.24, 2.45) is 0 Å². The Hall–Kier alpha value is -2.18. The van der Waals surface area contributed by atoms with Crippen LogP contribution in [0.4, 0.5) is 0 Å². The zero-order chi connectivity index (χ0) is 17.3. The molecule has 124 valence electrons. The third-order valence-electron chi connectivity index (χ3n) is 3.60. The Morgan fingerprint density at radius 3 is 2.62 bits per heavy atom. The highest BCUT2D eigenvalue weighted by Crippen LogP contribution is 2.24. The van der Waals surface area contributed by atoms with Gasteiger partial charge < -0.3 is 5.32 Å². The molecule has 0 aliphatic heterocycles. The number of hydrogen-bond donors (Lipinski definition) is 1. The fourth-order valence-corrected chi connectivity index (χ4v) is 3.05. The SMILES string of the molecule is Cc1cc(C)n2c(CNC(=O)Cc3c(Cl)cccc3Cl)nnc2n1. The van der Waals surface area contributed by atoms with Crippen molar-refractivity contribution in [1.82, 2.24) is 24.9 Å². The number of halogens is 2. The second kappa shape index (κ2) is 6.75. The maximum absolute atomic E-state index is 12.2. The molecule has 1 amide bonds. The average Bonchev–Trinajstić information content (AvgIpc) is 2.92. The molecule has 0 saturated carbocycles. The summed E-state index contributed by atoms with van der Waals surface area (Å²) in [5.74, 6) is 0.943. The number of benzene rings is 1. The van der Waals surface area contributed by atoms with Crippen LogP contribution >= 0.6 is 23.2 Å². The molecule has 24 heavy (non-hydrogen) atoms. The monoisotopic (exact) mass is 363 g/mol. The number of carbonyl (C=O) groups is 1. The van der Waals surface area contributed by atoms with E-state index in [1.54, 1.807) is 18.2 Å². The quantitative estimate of drug-likeness (QED) is 0.773. The maximum Gasteiger partial charge on any atom is 0.255 e. The van der Waals surface area contributed by atoms with Crippen LogP contribution in [0.15, 0.2) is 24.3 Å².